The van der Waals surface area contributed by atoms with Crippen LogP contribution in [0.3, 0.4) is 0 Å². The molecule has 0 aliphatic carbocycles. The quantitative estimate of drug-likeness (QED) is 0.880. The summed E-state index contributed by atoms with van der Waals surface area (Å²) in [6.45, 7) is 9.19. The van der Waals surface area contributed by atoms with Crippen LogP contribution in [0.2, 0.25) is 0 Å². The number of thiazole rings is 1. The summed E-state index contributed by atoms with van der Waals surface area (Å²) in [4.78, 5) is 8.33. The second kappa shape index (κ2) is 6.86. The molecule has 3 nitrogen and oxygen atoms in total. The Morgan fingerprint density at radius 3 is 2.50 bits per heavy atom. The highest BCUT2D eigenvalue weighted by molar-refractivity contribution is 7.16. The Bertz CT molecular complexity index is 534. The van der Waals surface area contributed by atoms with E-state index >= 15 is 0 Å². The van der Waals surface area contributed by atoms with Crippen molar-refractivity contribution in [2.45, 2.75) is 27.3 Å². The van der Waals surface area contributed by atoms with Crippen LogP contribution in [0.5, 0.6) is 0 Å². The Kier molecular flexibility index (Phi) is 5.15. The number of aromatic nitrogens is 1. The van der Waals surface area contributed by atoms with Gasteiger partial charge in [0.1, 0.15) is 0 Å². The van der Waals surface area contributed by atoms with Gasteiger partial charge in [-0.3, -0.25) is 0 Å². The monoisotopic (exact) mass is 289 g/mol. The number of anilines is 1. The maximum Gasteiger partial charge on any atom is 0.186 e. The maximum absolute atomic E-state index is 5.90. The molecule has 108 valence electrons. The van der Waals surface area contributed by atoms with Crippen LogP contribution < -0.4 is 10.6 Å². The van der Waals surface area contributed by atoms with Gasteiger partial charge in [-0.2, -0.15) is 0 Å². The largest absolute Gasteiger partial charge is 0.348 e. The van der Waals surface area contributed by atoms with Gasteiger partial charge in [0.2, 0.25) is 0 Å². The van der Waals surface area contributed by atoms with E-state index in [1.165, 1.54) is 0 Å². The molecule has 0 saturated heterocycles. The highest BCUT2D eigenvalue weighted by Gasteiger charge is 2.16. The third kappa shape index (κ3) is 3.38. The summed E-state index contributed by atoms with van der Waals surface area (Å²) in [6, 6.07) is 10.3. The topological polar surface area (TPSA) is 42.2 Å². The molecule has 0 amide bonds. The van der Waals surface area contributed by atoms with Gasteiger partial charge in [-0.15, -0.1) is 0 Å². The minimum absolute atomic E-state index is 0.543. The molecule has 1 aromatic carbocycles. The molecule has 0 aliphatic rings. The number of hydrogen-bond donors (Lipinski definition) is 1. The van der Waals surface area contributed by atoms with E-state index in [0.717, 1.165) is 34.4 Å². The molecule has 20 heavy (non-hydrogen) atoms. The molecule has 2 rings (SSSR count). The van der Waals surface area contributed by atoms with Gasteiger partial charge in [-0.25, -0.2) is 4.98 Å². The lowest BCUT2D eigenvalue weighted by molar-refractivity contribution is 0.618. The van der Waals surface area contributed by atoms with E-state index in [9.17, 15) is 0 Å². The highest BCUT2D eigenvalue weighted by Crippen LogP contribution is 2.33. The standard InChI is InChI=1S/C16H23N3S/c1-4-19(11-12(2)3)16-18-15(14(10-17)20-16)13-8-6-5-7-9-13/h5-9,12H,4,10-11,17H2,1-3H3. The van der Waals surface area contributed by atoms with Crippen molar-refractivity contribution in [1.82, 2.24) is 4.98 Å². The first-order chi connectivity index (χ1) is 9.65. The van der Waals surface area contributed by atoms with Crippen LogP contribution >= 0.6 is 11.3 Å². The van der Waals surface area contributed by atoms with Crippen molar-refractivity contribution >= 4 is 16.5 Å². The SMILES string of the molecule is CCN(CC(C)C)c1nc(-c2ccccc2)c(CN)s1. The van der Waals surface area contributed by atoms with E-state index in [4.69, 9.17) is 10.7 Å². The van der Waals surface area contributed by atoms with Crippen LogP contribution in [0.15, 0.2) is 30.3 Å². The van der Waals surface area contributed by atoms with Crippen molar-refractivity contribution in [2.75, 3.05) is 18.0 Å². The van der Waals surface area contributed by atoms with Crippen LogP contribution in [0.25, 0.3) is 11.3 Å². The first-order valence-electron chi connectivity index (χ1n) is 7.15. The zero-order valence-electron chi connectivity index (χ0n) is 12.5. The predicted octanol–water partition coefficient (Wildman–Crippen LogP) is 3.75. The molecule has 0 atom stereocenters. The van der Waals surface area contributed by atoms with Crippen molar-refractivity contribution in [3.8, 4) is 11.3 Å². The summed E-state index contributed by atoms with van der Waals surface area (Å²) >= 11 is 1.72. The first-order valence-corrected chi connectivity index (χ1v) is 7.97. The fraction of sp³-hybridized carbons (Fsp3) is 0.438. The molecule has 2 N–H and O–H groups in total. The molecule has 0 bridgehead atoms. The van der Waals surface area contributed by atoms with Crippen LogP contribution in [0.4, 0.5) is 5.13 Å². The number of nitrogens with two attached hydrogens (primary N) is 1. The summed E-state index contributed by atoms with van der Waals surface area (Å²) in [5.41, 5.74) is 8.08. The second-order valence-corrected chi connectivity index (χ2v) is 6.33. The molecular weight excluding hydrogens is 266 g/mol. The third-order valence-electron chi connectivity index (χ3n) is 3.16. The summed E-state index contributed by atoms with van der Waals surface area (Å²) in [6.07, 6.45) is 0. The lowest BCUT2D eigenvalue weighted by atomic mass is 10.1. The Balaban J connectivity index is 2.35. The molecule has 1 heterocycles. The van der Waals surface area contributed by atoms with Crippen LogP contribution in [-0.4, -0.2) is 18.1 Å². The minimum Gasteiger partial charge on any atom is -0.348 e. The molecule has 0 fully saturated rings. The van der Waals surface area contributed by atoms with E-state index in [0.29, 0.717) is 12.5 Å². The first kappa shape index (κ1) is 15.0. The molecule has 4 heteroatoms. The fourth-order valence-corrected chi connectivity index (χ4v) is 3.25. The van der Waals surface area contributed by atoms with Gasteiger partial charge in [0.25, 0.3) is 0 Å². The number of benzene rings is 1. The smallest absolute Gasteiger partial charge is 0.186 e. The van der Waals surface area contributed by atoms with Crippen LogP contribution in [0.1, 0.15) is 25.6 Å². The Morgan fingerprint density at radius 2 is 1.95 bits per heavy atom. The molecule has 0 radical (unpaired) electrons. The average Bonchev–Trinajstić information content (AvgIpc) is 2.89. The van der Waals surface area contributed by atoms with E-state index in [2.05, 4.69) is 37.8 Å². The molecule has 0 spiro atoms. The number of rotatable bonds is 6. The lowest BCUT2D eigenvalue weighted by Gasteiger charge is -2.21. The van der Waals surface area contributed by atoms with Crippen molar-refractivity contribution in [3.05, 3.63) is 35.2 Å². The van der Waals surface area contributed by atoms with Gasteiger partial charge in [-0.1, -0.05) is 55.5 Å². The van der Waals surface area contributed by atoms with Crippen molar-refractivity contribution in [3.63, 3.8) is 0 Å². The van der Waals surface area contributed by atoms with Crippen molar-refractivity contribution < 1.29 is 0 Å². The van der Waals surface area contributed by atoms with Gasteiger partial charge < -0.3 is 10.6 Å². The molecule has 2 aromatic rings. The molecule has 0 unspecified atom stereocenters. The van der Waals surface area contributed by atoms with Crippen molar-refractivity contribution in [1.29, 1.82) is 0 Å². The van der Waals surface area contributed by atoms with E-state index in [1.54, 1.807) is 11.3 Å². The summed E-state index contributed by atoms with van der Waals surface area (Å²) in [5, 5.41) is 1.08. The van der Waals surface area contributed by atoms with Gasteiger partial charge in [0, 0.05) is 30.1 Å². The fourth-order valence-electron chi connectivity index (χ4n) is 2.22. The van der Waals surface area contributed by atoms with Gasteiger partial charge in [0.15, 0.2) is 5.13 Å². The summed E-state index contributed by atoms with van der Waals surface area (Å²) in [5.74, 6) is 0.625. The zero-order valence-corrected chi connectivity index (χ0v) is 13.3. The van der Waals surface area contributed by atoms with E-state index in [1.807, 2.05) is 18.2 Å². The summed E-state index contributed by atoms with van der Waals surface area (Å²) in [7, 11) is 0. The molecular formula is C16H23N3S. The van der Waals surface area contributed by atoms with Gasteiger partial charge in [0.05, 0.1) is 5.69 Å². The van der Waals surface area contributed by atoms with Crippen LogP contribution in [0, 0.1) is 5.92 Å². The van der Waals surface area contributed by atoms with Crippen molar-refractivity contribution in [2.24, 2.45) is 11.7 Å². The highest BCUT2D eigenvalue weighted by atomic mass is 32.1. The Hall–Kier alpha value is -1.39. The average molecular weight is 289 g/mol. The molecule has 0 aliphatic heterocycles. The van der Waals surface area contributed by atoms with Gasteiger partial charge in [-0.05, 0) is 12.8 Å². The lowest BCUT2D eigenvalue weighted by Crippen LogP contribution is -2.26. The normalized spacial score (nSPS) is 11.1. The Morgan fingerprint density at radius 1 is 1.25 bits per heavy atom. The molecule has 0 saturated carbocycles. The minimum atomic E-state index is 0.543. The van der Waals surface area contributed by atoms with E-state index in [-0.39, 0.29) is 0 Å². The van der Waals surface area contributed by atoms with E-state index < -0.39 is 0 Å². The molecule has 1 aromatic heterocycles. The summed E-state index contributed by atoms with van der Waals surface area (Å²) < 4.78 is 0. The maximum atomic E-state index is 5.90. The van der Waals surface area contributed by atoms with Crippen LogP contribution in [-0.2, 0) is 6.54 Å². The number of nitrogens with zero attached hydrogens (tertiary/aromatic N) is 2. The Labute approximate surface area is 125 Å². The number of hydrogen-bond acceptors (Lipinski definition) is 4. The third-order valence-corrected chi connectivity index (χ3v) is 4.29. The zero-order chi connectivity index (χ0) is 14.5. The second-order valence-electron chi connectivity index (χ2n) is 5.27. The van der Waals surface area contributed by atoms with Gasteiger partial charge >= 0.3 is 0 Å². The predicted molar refractivity (Wildman–Crippen MR) is 88.2 cm³/mol.